The molecule has 5 heterocycles. The zero-order valence-corrected chi connectivity index (χ0v) is 20.9. The summed E-state index contributed by atoms with van der Waals surface area (Å²) in [5.41, 5.74) is 0.293. The Bertz CT molecular complexity index is 1550. The van der Waals surface area contributed by atoms with Crippen molar-refractivity contribution < 1.29 is 22.7 Å². The van der Waals surface area contributed by atoms with Gasteiger partial charge in [-0.05, 0) is 46.2 Å². The molecule has 0 N–H and O–H groups in total. The van der Waals surface area contributed by atoms with Crippen LogP contribution in [0.15, 0.2) is 35.6 Å². The third kappa shape index (κ3) is 4.34. The van der Waals surface area contributed by atoms with E-state index in [9.17, 15) is 14.0 Å². The van der Waals surface area contributed by atoms with Crippen molar-refractivity contribution in [3.05, 3.63) is 52.7 Å². The SMILES string of the molecule is Cc1cn2cc(-c3cc4ncn(C5CCN(C(=O)OC(C)(C)C)CC5(F)F)c(=O)c4s3)cc(F)c2n1. The predicted octanol–water partition coefficient (Wildman–Crippen LogP) is 5.04. The number of hydrogen-bond acceptors (Lipinski definition) is 6. The molecule has 1 aliphatic rings. The zero-order valence-electron chi connectivity index (χ0n) is 20.1. The molecule has 0 aliphatic carbocycles. The van der Waals surface area contributed by atoms with Crippen molar-refractivity contribution in [1.29, 1.82) is 0 Å². The molecule has 1 saturated heterocycles. The fourth-order valence-electron chi connectivity index (χ4n) is 4.36. The summed E-state index contributed by atoms with van der Waals surface area (Å²) < 4.78 is 52.8. The van der Waals surface area contributed by atoms with Crippen LogP contribution in [0.2, 0.25) is 0 Å². The van der Waals surface area contributed by atoms with Crippen LogP contribution < -0.4 is 5.56 Å². The van der Waals surface area contributed by atoms with Crippen LogP contribution in [0.3, 0.4) is 0 Å². The maximum Gasteiger partial charge on any atom is 0.410 e. The Kier molecular flexibility index (Phi) is 5.62. The Morgan fingerprint density at radius 3 is 2.69 bits per heavy atom. The molecule has 0 radical (unpaired) electrons. The molecule has 0 bridgehead atoms. The monoisotopic (exact) mass is 519 g/mol. The first kappa shape index (κ1) is 24.3. The van der Waals surface area contributed by atoms with Gasteiger partial charge in [0.2, 0.25) is 0 Å². The van der Waals surface area contributed by atoms with Gasteiger partial charge >= 0.3 is 6.09 Å². The van der Waals surface area contributed by atoms with Crippen molar-refractivity contribution in [3.63, 3.8) is 0 Å². The second kappa shape index (κ2) is 8.32. The van der Waals surface area contributed by atoms with Crippen LogP contribution in [0.5, 0.6) is 0 Å². The standard InChI is InChI=1S/C24H24F3N5O3S/c1-13-9-31-10-14(7-15(25)20(31)29-13)17-8-16-19(36-17)21(33)32(12-28-16)18-5-6-30(11-24(18,26)27)22(34)35-23(2,3)4/h7-10,12,18H,5-6,11H2,1-4H3. The molecule has 5 rings (SSSR count). The van der Waals surface area contributed by atoms with Crippen LogP contribution in [-0.2, 0) is 4.74 Å². The second-order valence-corrected chi connectivity index (χ2v) is 11.0. The summed E-state index contributed by atoms with van der Waals surface area (Å²) >= 11 is 1.07. The summed E-state index contributed by atoms with van der Waals surface area (Å²) in [6, 6.07) is 1.50. The van der Waals surface area contributed by atoms with Gasteiger partial charge in [-0.3, -0.25) is 9.36 Å². The fourth-order valence-corrected chi connectivity index (χ4v) is 5.39. The van der Waals surface area contributed by atoms with Gasteiger partial charge in [-0.1, -0.05) is 0 Å². The summed E-state index contributed by atoms with van der Waals surface area (Å²) in [4.78, 5) is 35.5. The molecule has 1 amide bonds. The molecular weight excluding hydrogens is 495 g/mol. The third-order valence-corrected chi connectivity index (χ3v) is 7.08. The number of carbonyl (C=O) groups is 1. The van der Waals surface area contributed by atoms with Gasteiger partial charge in [0.05, 0.1) is 24.1 Å². The van der Waals surface area contributed by atoms with Gasteiger partial charge in [0, 0.05) is 29.4 Å². The van der Waals surface area contributed by atoms with E-state index in [0.29, 0.717) is 21.7 Å². The quantitative estimate of drug-likeness (QED) is 0.371. The number of halogens is 3. The minimum atomic E-state index is -3.37. The van der Waals surface area contributed by atoms with Crippen LogP contribution >= 0.6 is 11.3 Å². The van der Waals surface area contributed by atoms with Gasteiger partial charge < -0.3 is 14.0 Å². The molecule has 1 unspecified atom stereocenters. The lowest BCUT2D eigenvalue weighted by Gasteiger charge is -2.39. The smallest absolute Gasteiger partial charge is 0.410 e. The predicted molar refractivity (Wildman–Crippen MR) is 129 cm³/mol. The molecule has 4 aromatic heterocycles. The van der Waals surface area contributed by atoms with Gasteiger partial charge in [-0.25, -0.2) is 27.9 Å². The number of likely N-dealkylation sites (tertiary alicyclic amines) is 1. The molecule has 1 atom stereocenters. The number of ether oxygens (including phenoxy) is 1. The lowest BCUT2D eigenvalue weighted by Crippen LogP contribution is -2.53. The molecule has 8 nitrogen and oxygen atoms in total. The average Bonchev–Trinajstić information content (AvgIpc) is 3.36. The number of piperidine rings is 1. The molecule has 36 heavy (non-hydrogen) atoms. The van der Waals surface area contributed by atoms with E-state index in [1.165, 1.54) is 6.07 Å². The molecular formula is C24H24F3N5O3S. The van der Waals surface area contributed by atoms with Gasteiger partial charge in [0.15, 0.2) is 11.5 Å². The highest BCUT2D eigenvalue weighted by Crippen LogP contribution is 2.37. The topological polar surface area (TPSA) is 81.7 Å². The minimum Gasteiger partial charge on any atom is -0.444 e. The summed E-state index contributed by atoms with van der Waals surface area (Å²) in [5, 5.41) is 0. The van der Waals surface area contributed by atoms with E-state index < -0.39 is 41.6 Å². The van der Waals surface area contributed by atoms with Crippen molar-refractivity contribution in [2.45, 2.75) is 51.7 Å². The average molecular weight is 520 g/mol. The number of imidazole rings is 1. The zero-order chi connectivity index (χ0) is 26.0. The Hall–Kier alpha value is -3.41. The number of nitrogens with zero attached hydrogens (tertiary/aromatic N) is 5. The Labute approximate surface area is 207 Å². The van der Waals surface area contributed by atoms with Gasteiger partial charge in [0.1, 0.15) is 16.3 Å². The van der Waals surface area contributed by atoms with Crippen molar-refractivity contribution in [2.75, 3.05) is 13.1 Å². The van der Waals surface area contributed by atoms with E-state index in [1.807, 2.05) is 0 Å². The minimum absolute atomic E-state index is 0.0128. The van der Waals surface area contributed by atoms with Crippen LogP contribution in [0.4, 0.5) is 18.0 Å². The number of thiophene rings is 1. The lowest BCUT2D eigenvalue weighted by atomic mass is 10.0. The first-order chi connectivity index (χ1) is 16.8. The van der Waals surface area contributed by atoms with Crippen LogP contribution in [0.25, 0.3) is 26.3 Å². The summed E-state index contributed by atoms with van der Waals surface area (Å²) in [7, 11) is 0. The summed E-state index contributed by atoms with van der Waals surface area (Å²) in [6.07, 6.45) is 3.54. The highest BCUT2D eigenvalue weighted by Gasteiger charge is 2.48. The summed E-state index contributed by atoms with van der Waals surface area (Å²) in [6.45, 7) is 5.89. The molecule has 0 spiro atoms. The largest absolute Gasteiger partial charge is 0.444 e. The number of fused-ring (bicyclic) bond motifs is 2. The van der Waals surface area contributed by atoms with E-state index in [-0.39, 0.29) is 23.3 Å². The van der Waals surface area contributed by atoms with E-state index in [0.717, 1.165) is 27.1 Å². The van der Waals surface area contributed by atoms with Crippen molar-refractivity contribution in [3.8, 4) is 10.4 Å². The maximum absolute atomic E-state index is 15.2. The second-order valence-electron chi connectivity index (χ2n) is 9.94. The maximum atomic E-state index is 15.2. The highest BCUT2D eigenvalue weighted by atomic mass is 32.1. The first-order valence-corrected chi connectivity index (χ1v) is 12.2. The molecule has 0 aromatic carbocycles. The van der Waals surface area contributed by atoms with Gasteiger partial charge in [0.25, 0.3) is 11.5 Å². The van der Waals surface area contributed by atoms with E-state index in [1.54, 1.807) is 50.6 Å². The summed E-state index contributed by atoms with van der Waals surface area (Å²) in [5.74, 6) is -3.89. The molecule has 4 aromatic rings. The van der Waals surface area contributed by atoms with E-state index in [2.05, 4.69) is 9.97 Å². The third-order valence-electron chi connectivity index (χ3n) is 5.92. The van der Waals surface area contributed by atoms with Crippen LogP contribution in [-0.4, -0.2) is 54.5 Å². The Morgan fingerprint density at radius 2 is 2.00 bits per heavy atom. The normalized spacial score (nSPS) is 18.2. The number of rotatable bonds is 2. The molecule has 190 valence electrons. The number of carbonyl (C=O) groups excluding carboxylic acids is 1. The number of aryl methyl sites for hydroxylation is 1. The van der Waals surface area contributed by atoms with Crippen molar-refractivity contribution in [1.82, 2.24) is 23.8 Å². The molecule has 1 fully saturated rings. The number of hydrogen-bond donors (Lipinski definition) is 0. The highest BCUT2D eigenvalue weighted by molar-refractivity contribution is 7.22. The molecule has 12 heteroatoms. The number of aromatic nitrogens is 4. The fraction of sp³-hybridized carbons (Fsp3) is 0.417. The Morgan fingerprint density at radius 1 is 1.25 bits per heavy atom. The van der Waals surface area contributed by atoms with Gasteiger partial charge in [-0.15, -0.1) is 11.3 Å². The molecule has 0 saturated carbocycles. The first-order valence-electron chi connectivity index (χ1n) is 11.3. The van der Waals surface area contributed by atoms with Crippen LogP contribution in [0, 0.1) is 12.7 Å². The number of alkyl halides is 2. The van der Waals surface area contributed by atoms with E-state index in [4.69, 9.17) is 4.74 Å². The molecule has 1 aliphatic heterocycles. The van der Waals surface area contributed by atoms with E-state index >= 15 is 8.78 Å². The van der Waals surface area contributed by atoms with Crippen molar-refractivity contribution >= 4 is 33.3 Å². The Balaban J connectivity index is 1.46. The van der Waals surface area contributed by atoms with Gasteiger partial charge in [-0.2, -0.15) is 0 Å². The van der Waals surface area contributed by atoms with Crippen molar-refractivity contribution in [2.24, 2.45) is 0 Å². The van der Waals surface area contributed by atoms with Crippen LogP contribution in [0.1, 0.15) is 38.9 Å². The number of pyridine rings is 1. The number of amides is 1. The lowest BCUT2D eigenvalue weighted by molar-refractivity contribution is -0.104.